The lowest BCUT2D eigenvalue weighted by molar-refractivity contribution is -0.155. The van der Waals surface area contributed by atoms with E-state index in [1.165, 1.54) is 0 Å². The van der Waals surface area contributed by atoms with E-state index >= 15 is 0 Å². The second-order valence-corrected chi connectivity index (χ2v) is 8.10. The van der Waals surface area contributed by atoms with E-state index in [0.717, 1.165) is 6.34 Å². The van der Waals surface area contributed by atoms with Crippen LogP contribution in [0.15, 0.2) is 17.1 Å². The molecule has 0 bridgehead atoms. The van der Waals surface area contributed by atoms with Crippen LogP contribution in [0.5, 0.6) is 0 Å². The number of hydrogen-bond acceptors (Lipinski definition) is 7. The molecule has 0 aliphatic carbocycles. The number of esters is 1. The summed E-state index contributed by atoms with van der Waals surface area (Å²) in [5, 5.41) is 27.9. The Morgan fingerprint density at radius 2 is 2.14 bits per heavy atom. The Morgan fingerprint density at radius 1 is 1.50 bits per heavy atom. The zero-order valence-electron chi connectivity index (χ0n) is 16.5. The van der Waals surface area contributed by atoms with E-state index in [2.05, 4.69) is 9.98 Å². The van der Waals surface area contributed by atoms with Crippen LogP contribution in [-0.2, 0) is 19.9 Å². The first-order valence-corrected chi connectivity index (χ1v) is 8.90. The molecule has 0 aromatic carbocycles. The molecule has 2 heterocycles. The van der Waals surface area contributed by atoms with Crippen LogP contribution >= 0.6 is 0 Å². The standard InChI is InChI=1S/C18H29N5O5/c1-17(2,3)13(20)16(26)27-7-10-12(24)14(25)18(4,28-10)11-6-5-9(23-11)15(21)22-8-19/h5-6,8,10,12-14,23-25H,7,20H2,1-4H3,(H3,19,21,22)/t10-,12-,13-,14-,18+/m1/s1. The number of aromatic amines is 1. The quantitative estimate of drug-likeness (QED) is 0.215. The Bertz CT molecular complexity index is 756. The van der Waals surface area contributed by atoms with Crippen molar-refractivity contribution < 1.29 is 24.5 Å². The van der Waals surface area contributed by atoms with E-state index in [1.54, 1.807) is 19.1 Å². The third-order valence-electron chi connectivity index (χ3n) is 4.94. The Hall–Kier alpha value is -2.27. The van der Waals surface area contributed by atoms with Crippen LogP contribution in [0.1, 0.15) is 39.1 Å². The second-order valence-electron chi connectivity index (χ2n) is 8.10. The highest BCUT2D eigenvalue weighted by atomic mass is 16.6. The smallest absolute Gasteiger partial charge is 0.323 e. The van der Waals surface area contributed by atoms with Crippen molar-refractivity contribution >= 4 is 18.1 Å². The van der Waals surface area contributed by atoms with Gasteiger partial charge in [-0.25, -0.2) is 4.99 Å². The maximum absolute atomic E-state index is 12.1. The first-order valence-electron chi connectivity index (χ1n) is 8.90. The van der Waals surface area contributed by atoms with E-state index < -0.39 is 41.3 Å². The first kappa shape index (κ1) is 22.0. The fourth-order valence-electron chi connectivity index (χ4n) is 2.92. The predicted molar refractivity (Wildman–Crippen MR) is 103 cm³/mol. The fourth-order valence-corrected chi connectivity index (χ4v) is 2.92. The molecule has 1 aromatic rings. The summed E-state index contributed by atoms with van der Waals surface area (Å²) < 4.78 is 11.1. The van der Waals surface area contributed by atoms with Crippen molar-refractivity contribution in [2.75, 3.05) is 6.61 Å². The summed E-state index contributed by atoms with van der Waals surface area (Å²) in [7, 11) is 0. The van der Waals surface area contributed by atoms with Crippen molar-refractivity contribution in [1.82, 2.24) is 4.98 Å². The molecule has 0 spiro atoms. The van der Waals surface area contributed by atoms with Crippen molar-refractivity contribution in [2.24, 2.45) is 21.9 Å². The van der Waals surface area contributed by atoms with E-state index in [-0.39, 0.29) is 12.4 Å². The lowest BCUT2D eigenvalue weighted by atomic mass is 9.87. The predicted octanol–water partition coefficient (Wildman–Crippen LogP) is -0.421. The molecule has 0 saturated carbocycles. The van der Waals surface area contributed by atoms with Crippen LogP contribution < -0.4 is 11.5 Å². The van der Waals surface area contributed by atoms with Crippen LogP contribution in [0.4, 0.5) is 0 Å². The van der Waals surface area contributed by atoms with Crippen LogP contribution in [0, 0.1) is 10.8 Å². The van der Waals surface area contributed by atoms with Crippen LogP contribution in [-0.4, -0.2) is 64.3 Å². The molecule has 8 N–H and O–H groups in total. The number of aliphatic hydroxyl groups is 2. The molecule has 10 nitrogen and oxygen atoms in total. The topological polar surface area (TPSA) is 180 Å². The van der Waals surface area contributed by atoms with Crippen LogP contribution in [0.25, 0.3) is 0 Å². The van der Waals surface area contributed by atoms with Crippen molar-refractivity contribution in [3.05, 3.63) is 23.5 Å². The van der Waals surface area contributed by atoms with Crippen molar-refractivity contribution in [3.8, 4) is 0 Å². The van der Waals surface area contributed by atoms with Gasteiger partial charge in [-0.1, -0.05) is 20.8 Å². The normalized spacial score (nSPS) is 29.5. The highest BCUT2D eigenvalue weighted by Gasteiger charge is 2.53. The average Bonchev–Trinajstić information content (AvgIpc) is 3.20. The molecule has 1 saturated heterocycles. The van der Waals surface area contributed by atoms with Gasteiger partial charge in [0.05, 0.1) is 11.4 Å². The lowest BCUT2D eigenvalue weighted by Crippen LogP contribution is -2.44. The minimum absolute atomic E-state index is 0.0968. The number of carbonyl (C=O) groups excluding carboxylic acids is 1. The van der Waals surface area contributed by atoms with Crippen LogP contribution in [0.3, 0.4) is 0 Å². The number of ether oxygens (including phenoxy) is 2. The SMILES string of the molecule is CC(C)(C)[C@H](N)C(=O)OC[C@H]1O[C@@](C)(c2ccc(C(N)=NC=N)[nH]2)[C@H](O)[C@@H]1O. The number of rotatable bonds is 6. The summed E-state index contributed by atoms with van der Waals surface area (Å²) in [6.45, 7) is 6.80. The molecule has 10 heteroatoms. The number of nitrogens with one attached hydrogen (secondary N) is 2. The summed E-state index contributed by atoms with van der Waals surface area (Å²) in [5.41, 5.74) is 10.7. The van der Waals surface area contributed by atoms with E-state index in [0.29, 0.717) is 11.4 Å². The van der Waals surface area contributed by atoms with Crippen molar-refractivity contribution in [3.63, 3.8) is 0 Å². The third kappa shape index (κ3) is 4.25. The maximum Gasteiger partial charge on any atom is 0.323 e. The Morgan fingerprint density at radius 3 is 2.71 bits per heavy atom. The molecule has 156 valence electrons. The average molecular weight is 395 g/mol. The number of aromatic nitrogens is 1. The number of carbonyl (C=O) groups is 1. The van der Waals surface area contributed by atoms with Gasteiger partial charge in [-0.3, -0.25) is 10.2 Å². The zero-order valence-corrected chi connectivity index (χ0v) is 16.5. The minimum Gasteiger partial charge on any atom is -0.462 e. The number of nitrogens with zero attached hydrogens (tertiary/aromatic N) is 1. The zero-order chi connectivity index (χ0) is 21.3. The van der Waals surface area contributed by atoms with Gasteiger partial charge in [-0.2, -0.15) is 0 Å². The summed E-state index contributed by atoms with van der Waals surface area (Å²) >= 11 is 0. The largest absolute Gasteiger partial charge is 0.462 e. The first-order chi connectivity index (χ1) is 12.9. The number of amidine groups is 1. The molecule has 0 unspecified atom stereocenters. The lowest BCUT2D eigenvalue weighted by Gasteiger charge is -2.27. The number of nitrogens with two attached hydrogens (primary N) is 2. The van der Waals surface area contributed by atoms with Gasteiger partial charge >= 0.3 is 5.97 Å². The van der Waals surface area contributed by atoms with Gasteiger partial charge in [-0.15, -0.1) is 0 Å². The Kier molecular flexibility index (Phi) is 6.29. The van der Waals surface area contributed by atoms with Gasteiger partial charge in [0.15, 0.2) is 0 Å². The van der Waals surface area contributed by atoms with E-state index in [4.69, 9.17) is 26.4 Å². The van der Waals surface area contributed by atoms with Crippen molar-refractivity contribution in [1.29, 1.82) is 5.41 Å². The van der Waals surface area contributed by atoms with Gasteiger partial charge in [0, 0.05) is 0 Å². The van der Waals surface area contributed by atoms with Gasteiger partial charge in [0.2, 0.25) is 0 Å². The number of H-pyrrole nitrogens is 1. The number of hydrogen-bond donors (Lipinski definition) is 6. The molecule has 0 radical (unpaired) electrons. The monoisotopic (exact) mass is 395 g/mol. The molecule has 2 rings (SSSR count). The van der Waals surface area contributed by atoms with Gasteiger partial charge in [0.25, 0.3) is 0 Å². The van der Waals surface area contributed by atoms with Crippen molar-refractivity contribution in [2.45, 2.75) is 57.6 Å². The Labute approximate surface area is 163 Å². The van der Waals surface area contributed by atoms with Gasteiger partial charge < -0.3 is 36.1 Å². The molecule has 1 fully saturated rings. The summed E-state index contributed by atoms with van der Waals surface area (Å²) in [6.07, 6.45) is -2.67. The molecular weight excluding hydrogens is 366 g/mol. The molecule has 28 heavy (non-hydrogen) atoms. The number of aliphatic imine (C=N–C) groups is 1. The molecule has 0 amide bonds. The fraction of sp³-hybridized carbons (Fsp3) is 0.611. The van der Waals surface area contributed by atoms with Gasteiger partial charge in [0.1, 0.15) is 48.7 Å². The van der Waals surface area contributed by atoms with Crippen LogP contribution in [0.2, 0.25) is 0 Å². The summed E-state index contributed by atoms with van der Waals surface area (Å²) in [4.78, 5) is 18.8. The van der Waals surface area contributed by atoms with E-state index in [1.807, 2.05) is 20.8 Å². The van der Waals surface area contributed by atoms with Gasteiger partial charge in [-0.05, 0) is 24.5 Å². The molecular formula is C18H29N5O5. The minimum atomic E-state index is -1.29. The summed E-state index contributed by atoms with van der Waals surface area (Å²) in [6, 6.07) is 2.44. The third-order valence-corrected chi connectivity index (χ3v) is 4.94. The molecule has 5 atom stereocenters. The molecule has 1 aliphatic rings. The maximum atomic E-state index is 12.1. The highest BCUT2D eigenvalue weighted by Crippen LogP contribution is 2.39. The second kappa shape index (κ2) is 8.00. The number of aliphatic hydroxyl groups excluding tert-OH is 2. The molecule has 1 aliphatic heterocycles. The Balaban J connectivity index is 2.12. The van der Waals surface area contributed by atoms with E-state index in [9.17, 15) is 15.0 Å². The summed E-state index contributed by atoms with van der Waals surface area (Å²) in [5.74, 6) is -0.510. The molecule has 1 aromatic heterocycles. The highest BCUT2D eigenvalue weighted by molar-refractivity contribution is 5.99.